The maximum atomic E-state index is 9.39. The molecule has 0 bridgehead atoms. The van der Waals surface area contributed by atoms with E-state index in [0.717, 1.165) is 25.7 Å². The molecule has 0 aromatic rings. The molecule has 2 heteroatoms. The highest BCUT2D eigenvalue weighted by atomic mass is 16.3. The van der Waals surface area contributed by atoms with Gasteiger partial charge in [-0.15, -0.1) is 0 Å². The van der Waals surface area contributed by atoms with Gasteiger partial charge in [-0.1, -0.05) is 12.8 Å². The second-order valence-electron chi connectivity index (χ2n) is 3.12. The average molecular weight is 130 g/mol. The normalized spacial score (nSPS) is 45.0. The first kappa shape index (κ1) is 7.03. The zero-order valence-electron chi connectivity index (χ0n) is 5.80. The minimum atomic E-state index is -0.807. The summed E-state index contributed by atoms with van der Waals surface area (Å²) in [6.45, 7) is 1.71. The molecule has 54 valence electrons. The fraction of sp³-hybridized carbons (Fsp3) is 1.00. The summed E-state index contributed by atoms with van der Waals surface area (Å²) in [5.41, 5.74) is -0.807. The van der Waals surface area contributed by atoms with Crippen molar-refractivity contribution < 1.29 is 10.2 Å². The molecule has 2 nitrogen and oxygen atoms in total. The summed E-state index contributed by atoms with van der Waals surface area (Å²) in [4.78, 5) is 0. The molecule has 1 fully saturated rings. The molecule has 1 aliphatic carbocycles. The van der Waals surface area contributed by atoms with Crippen molar-refractivity contribution >= 4 is 0 Å². The highest BCUT2D eigenvalue weighted by molar-refractivity contribution is 4.85. The van der Waals surface area contributed by atoms with Gasteiger partial charge in [0.1, 0.15) is 0 Å². The second-order valence-corrected chi connectivity index (χ2v) is 3.12. The molecule has 0 amide bonds. The Labute approximate surface area is 55.5 Å². The Bertz CT molecular complexity index is 99.1. The van der Waals surface area contributed by atoms with Crippen LogP contribution in [0, 0.1) is 0 Å². The molecule has 0 spiro atoms. The SMILES string of the molecule is C[C@]1(O)CCCC[C@@H]1O. The molecule has 1 rings (SSSR count). The van der Waals surface area contributed by atoms with Crippen molar-refractivity contribution in [2.24, 2.45) is 0 Å². The molecular formula is C7H14O2. The topological polar surface area (TPSA) is 40.5 Å². The van der Waals surface area contributed by atoms with Crippen LogP contribution < -0.4 is 0 Å². The van der Waals surface area contributed by atoms with Crippen LogP contribution >= 0.6 is 0 Å². The van der Waals surface area contributed by atoms with E-state index in [1.165, 1.54) is 0 Å². The van der Waals surface area contributed by atoms with E-state index in [2.05, 4.69) is 0 Å². The Balaban J connectivity index is 2.49. The van der Waals surface area contributed by atoms with Crippen LogP contribution in [-0.2, 0) is 0 Å². The fourth-order valence-corrected chi connectivity index (χ4v) is 1.30. The monoisotopic (exact) mass is 130 g/mol. The van der Waals surface area contributed by atoms with Crippen LogP contribution in [0.15, 0.2) is 0 Å². The fourth-order valence-electron chi connectivity index (χ4n) is 1.30. The lowest BCUT2D eigenvalue weighted by atomic mass is 9.84. The van der Waals surface area contributed by atoms with Gasteiger partial charge in [-0.3, -0.25) is 0 Å². The van der Waals surface area contributed by atoms with Crippen LogP contribution in [0.5, 0.6) is 0 Å². The van der Waals surface area contributed by atoms with Gasteiger partial charge in [0.25, 0.3) is 0 Å². The Morgan fingerprint density at radius 2 is 2.11 bits per heavy atom. The van der Waals surface area contributed by atoms with Crippen molar-refractivity contribution in [3.05, 3.63) is 0 Å². The molecule has 0 radical (unpaired) electrons. The van der Waals surface area contributed by atoms with Gasteiger partial charge in [-0.05, 0) is 19.8 Å². The van der Waals surface area contributed by atoms with Crippen molar-refractivity contribution in [1.82, 2.24) is 0 Å². The molecule has 0 aromatic heterocycles. The third-order valence-electron chi connectivity index (χ3n) is 2.13. The predicted octanol–water partition coefficient (Wildman–Crippen LogP) is 0.672. The van der Waals surface area contributed by atoms with E-state index in [1.54, 1.807) is 6.92 Å². The first-order chi connectivity index (χ1) is 4.13. The molecule has 0 aliphatic heterocycles. The van der Waals surface area contributed by atoms with E-state index in [0.29, 0.717) is 0 Å². The number of aliphatic hydroxyl groups excluding tert-OH is 1. The molecule has 0 saturated heterocycles. The lowest BCUT2D eigenvalue weighted by Gasteiger charge is -2.33. The van der Waals surface area contributed by atoms with Gasteiger partial charge >= 0.3 is 0 Å². The molecule has 2 N–H and O–H groups in total. The first-order valence-corrected chi connectivity index (χ1v) is 3.53. The van der Waals surface area contributed by atoms with E-state index in [-0.39, 0.29) is 0 Å². The molecule has 0 unspecified atom stereocenters. The highest BCUT2D eigenvalue weighted by Gasteiger charge is 2.32. The minimum Gasteiger partial charge on any atom is -0.390 e. The average Bonchev–Trinajstić information content (AvgIpc) is 1.77. The van der Waals surface area contributed by atoms with Crippen LogP contribution in [0.4, 0.5) is 0 Å². The Morgan fingerprint density at radius 3 is 2.44 bits per heavy atom. The second kappa shape index (κ2) is 2.27. The third-order valence-corrected chi connectivity index (χ3v) is 2.13. The van der Waals surface area contributed by atoms with Crippen LogP contribution in [-0.4, -0.2) is 21.9 Å². The molecule has 0 heterocycles. The minimum absolute atomic E-state index is 0.494. The zero-order chi connectivity index (χ0) is 6.91. The van der Waals surface area contributed by atoms with Crippen molar-refractivity contribution in [3.8, 4) is 0 Å². The summed E-state index contributed by atoms with van der Waals surface area (Å²) < 4.78 is 0. The summed E-state index contributed by atoms with van der Waals surface area (Å²) in [6, 6.07) is 0. The number of rotatable bonds is 0. The summed E-state index contributed by atoms with van der Waals surface area (Å²) >= 11 is 0. The van der Waals surface area contributed by atoms with E-state index >= 15 is 0 Å². The molecular weight excluding hydrogens is 116 g/mol. The summed E-state index contributed by atoms with van der Waals surface area (Å²) in [7, 11) is 0. The smallest absolute Gasteiger partial charge is 0.0877 e. The molecule has 2 atom stereocenters. The van der Waals surface area contributed by atoms with Gasteiger partial charge in [0, 0.05) is 0 Å². The highest BCUT2D eigenvalue weighted by Crippen LogP contribution is 2.27. The van der Waals surface area contributed by atoms with Gasteiger partial charge in [-0.2, -0.15) is 0 Å². The van der Waals surface area contributed by atoms with Crippen molar-refractivity contribution in [2.45, 2.75) is 44.3 Å². The Kier molecular flexibility index (Phi) is 1.78. The molecule has 9 heavy (non-hydrogen) atoms. The zero-order valence-corrected chi connectivity index (χ0v) is 5.80. The lowest BCUT2D eigenvalue weighted by Crippen LogP contribution is -2.41. The maximum Gasteiger partial charge on any atom is 0.0877 e. The number of hydrogen-bond acceptors (Lipinski definition) is 2. The van der Waals surface area contributed by atoms with E-state index in [1.807, 2.05) is 0 Å². The summed E-state index contributed by atoms with van der Waals surface area (Å²) in [5.74, 6) is 0. The third kappa shape index (κ3) is 1.43. The van der Waals surface area contributed by atoms with Crippen LogP contribution in [0.1, 0.15) is 32.6 Å². The molecule has 0 aromatic carbocycles. The largest absolute Gasteiger partial charge is 0.390 e. The van der Waals surface area contributed by atoms with E-state index in [4.69, 9.17) is 0 Å². The van der Waals surface area contributed by atoms with Crippen molar-refractivity contribution in [2.75, 3.05) is 0 Å². The van der Waals surface area contributed by atoms with E-state index < -0.39 is 11.7 Å². The van der Waals surface area contributed by atoms with Gasteiger partial charge in [-0.25, -0.2) is 0 Å². The van der Waals surface area contributed by atoms with Gasteiger partial charge in [0.05, 0.1) is 11.7 Å². The quantitative estimate of drug-likeness (QED) is 0.506. The van der Waals surface area contributed by atoms with Gasteiger partial charge in [0.2, 0.25) is 0 Å². The lowest BCUT2D eigenvalue weighted by molar-refractivity contribution is -0.0863. The molecule has 1 aliphatic rings. The van der Waals surface area contributed by atoms with Crippen molar-refractivity contribution in [1.29, 1.82) is 0 Å². The standard InChI is InChI=1S/C7H14O2/c1-7(9)5-3-2-4-6(7)8/h6,8-9H,2-5H2,1H3/t6-,7-/m0/s1. The number of hydrogen-bond donors (Lipinski definition) is 2. The summed E-state index contributed by atoms with van der Waals surface area (Å²) in [6.07, 6.45) is 3.11. The van der Waals surface area contributed by atoms with Crippen LogP contribution in [0.25, 0.3) is 0 Å². The van der Waals surface area contributed by atoms with Gasteiger partial charge < -0.3 is 10.2 Å². The van der Waals surface area contributed by atoms with Crippen LogP contribution in [0.2, 0.25) is 0 Å². The van der Waals surface area contributed by atoms with Gasteiger partial charge in [0.15, 0.2) is 0 Å². The predicted molar refractivity (Wildman–Crippen MR) is 35.1 cm³/mol. The maximum absolute atomic E-state index is 9.39. The summed E-state index contributed by atoms with van der Waals surface area (Å²) in [5, 5.41) is 18.6. The van der Waals surface area contributed by atoms with Crippen LogP contribution in [0.3, 0.4) is 0 Å². The van der Waals surface area contributed by atoms with Crippen molar-refractivity contribution in [3.63, 3.8) is 0 Å². The Morgan fingerprint density at radius 1 is 1.44 bits per heavy atom. The number of aliphatic hydroxyl groups is 2. The molecule has 1 saturated carbocycles. The Hall–Kier alpha value is -0.0800. The first-order valence-electron chi connectivity index (χ1n) is 3.53. The van der Waals surface area contributed by atoms with E-state index in [9.17, 15) is 10.2 Å².